The lowest BCUT2D eigenvalue weighted by Crippen LogP contribution is -2.11. The van der Waals surface area contributed by atoms with E-state index in [1.807, 2.05) is 47.0 Å². The van der Waals surface area contributed by atoms with Crippen molar-refractivity contribution in [2.75, 3.05) is 5.43 Å². The summed E-state index contributed by atoms with van der Waals surface area (Å²) in [7, 11) is 0. The Morgan fingerprint density at radius 3 is 2.41 bits per heavy atom. The Morgan fingerprint density at radius 1 is 1.00 bits per heavy atom. The molecule has 9 heteroatoms. The minimum Gasteiger partial charge on any atom is -0.486 e. The van der Waals surface area contributed by atoms with Crippen LogP contribution in [0.5, 0.6) is 5.75 Å². The maximum absolute atomic E-state index is 12.4. The molecule has 0 unspecified atom stereocenters. The third-order valence-electron chi connectivity index (χ3n) is 6.66. The first-order valence-corrected chi connectivity index (χ1v) is 14.3. The number of carbonyl (C=O) groups excluding carboxylic acids is 1. The van der Waals surface area contributed by atoms with Gasteiger partial charge in [0.05, 0.1) is 5.69 Å². The van der Waals surface area contributed by atoms with Gasteiger partial charge in [0.1, 0.15) is 12.4 Å². The predicted molar refractivity (Wildman–Crippen MR) is 157 cm³/mol. The summed E-state index contributed by atoms with van der Waals surface area (Å²) in [5.41, 5.74) is 5.89. The van der Waals surface area contributed by atoms with Crippen molar-refractivity contribution in [1.82, 2.24) is 14.8 Å². The largest absolute Gasteiger partial charge is 0.486 e. The minimum absolute atomic E-state index is 0.195. The van der Waals surface area contributed by atoms with Crippen molar-refractivity contribution in [2.24, 2.45) is 5.10 Å². The quantitative estimate of drug-likeness (QED) is 0.0981. The molecule has 1 aliphatic carbocycles. The maximum Gasteiger partial charge on any atom is 0.202 e. The molecule has 4 aromatic rings. The molecule has 3 aromatic carbocycles. The van der Waals surface area contributed by atoms with Crippen LogP contribution in [0.2, 0.25) is 5.02 Å². The second-order valence-electron chi connectivity index (χ2n) is 9.46. The molecule has 0 saturated heterocycles. The molecule has 0 bridgehead atoms. The molecule has 1 fully saturated rings. The lowest BCUT2D eigenvalue weighted by atomic mass is 9.84. The average Bonchev–Trinajstić information content (AvgIpc) is 3.38. The SMILES string of the molecule is CC(=O)C(=NNc1ccc(Cl)cc1)Sc1nnc(COc2ccc(C3CCCCC3)cc2)n1-c1ccccc1. The molecule has 200 valence electrons. The number of ether oxygens (including phenoxy) is 1. The number of thioether (sulfide) groups is 1. The van der Waals surface area contributed by atoms with Gasteiger partial charge in [0.25, 0.3) is 0 Å². The zero-order valence-electron chi connectivity index (χ0n) is 21.7. The molecule has 1 N–H and O–H groups in total. The van der Waals surface area contributed by atoms with Gasteiger partial charge in [0.15, 0.2) is 16.7 Å². The predicted octanol–water partition coefficient (Wildman–Crippen LogP) is 7.65. The van der Waals surface area contributed by atoms with Crippen molar-refractivity contribution in [3.63, 3.8) is 0 Å². The van der Waals surface area contributed by atoms with Crippen LogP contribution in [0.3, 0.4) is 0 Å². The Hall–Kier alpha value is -3.62. The van der Waals surface area contributed by atoms with Crippen molar-refractivity contribution in [3.05, 3.63) is 95.3 Å². The highest BCUT2D eigenvalue weighted by atomic mass is 35.5. The molecule has 0 aliphatic heterocycles. The van der Waals surface area contributed by atoms with Gasteiger partial charge in [0, 0.05) is 17.6 Å². The number of nitrogens with one attached hydrogen (secondary N) is 1. The van der Waals surface area contributed by atoms with Crippen molar-refractivity contribution in [2.45, 2.75) is 56.7 Å². The normalized spacial score (nSPS) is 14.3. The van der Waals surface area contributed by atoms with E-state index < -0.39 is 0 Å². The first-order valence-electron chi connectivity index (χ1n) is 13.1. The number of aromatic nitrogens is 3. The van der Waals surface area contributed by atoms with Crippen LogP contribution in [0, 0.1) is 0 Å². The molecule has 1 saturated carbocycles. The van der Waals surface area contributed by atoms with Crippen LogP contribution in [-0.2, 0) is 11.4 Å². The van der Waals surface area contributed by atoms with E-state index in [0.29, 0.717) is 27.6 Å². The van der Waals surface area contributed by atoms with Gasteiger partial charge in [-0.1, -0.05) is 61.2 Å². The number of hydrazone groups is 1. The Kier molecular flexibility index (Phi) is 8.96. The van der Waals surface area contributed by atoms with E-state index >= 15 is 0 Å². The summed E-state index contributed by atoms with van der Waals surface area (Å²) in [5, 5.41) is 14.5. The van der Waals surface area contributed by atoms with E-state index in [9.17, 15) is 4.79 Å². The van der Waals surface area contributed by atoms with Gasteiger partial charge >= 0.3 is 0 Å². The lowest BCUT2D eigenvalue weighted by Gasteiger charge is -2.22. The summed E-state index contributed by atoms with van der Waals surface area (Å²) in [4.78, 5) is 12.4. The smallest absolute Gasteiger partial charge is 0.202 e. The molecular weight excluding hydrogens is 530 g/mol. The monoisotopic (exact) mass is 559 g/mol. The van der Waals surface area contributed by atoms with Crippen molar-refractivity contribution < 1.29 is 9.53 Å². The van der Waals surface area contributed by atoms with E-state index in [1.54, 1.807) is 24.3 Å². The number of rotatable bonds is 9. The average molecular weight is 560 g/mol. The van der Waals surface area contributed by atoms with Gasteiger partial charge in [-0.2, -0.15) is 5.10 Å². The number of nitrogens with zero attached hydrogens (tertiary/aromatic N) is 4. The number of anilines is 1. The van der Waals surface area contributed by atoms with Crippen LogP contribution < -0.4 is 10.2 Å². The number of para-hydroxylation sites is 1. The van der Waals surface area contributed by atoms with Gasteiger partial charge in [-0.15, -0.1) is 10.2 Å². The van der Waals surface area contributed by atoms with E-state index in [0.717, 1.165) is 23.2 Å². The summed E-state index contributed by atoms with van der Waals surface area (Å²) in [5.74, 6) is 1.86. The van der Waals surface area contributed by atoms with Crippen molar-refractivity contribution in [3.8, 4) is 11.4 Å². The van der Waals surface area contributed by atoms with E-state index in [1.165, 1.54) is 44.6 Å². The second-order valence-corrected chi connectivity index (χ2v) is 10.8. The highest BCUT2D eigenvalue weighted by Crippen LogP contribution is 2.33. The summed E-state index contributed by atoms with van der Waals surface area (Å²) in [6.45, 7) is 1.69. The fourth-order valence-corrected chi connectivity index (χ4v) is 5.53. The Bertz CT molecular complexity index is 1420. The van der Waals surface area contributed by atoms with E-state index in [2.05, 4.69) is 32.9 Å². The van der Waals surface area contributed by atoms with Crippen LogP contribution in [-0.4, -0.2) is 25.6 Å². The number of hydrogen-bond donors (Lipinski definition) is 1. The van der Waals surface area contributed by atoms with Crippen LogP contribution in [0.4, 0.5) is 5.69 Å². The van der Waals surface area contributed by atoms with E-state index in [4.69, 9.17) is 16.3 Å². The standard InChI is InChI=1S/C30H30ClN5O2S/c1-21(37)29(34-32-25-16-14-24(31)15-17-25)39-30-35-33-28(36(30)26-10-6-3-7-11-26)20-38-27-18-12-23(13-19-27)22-8-4-2-5-9-22/h3,6-7,10-19,22,32H,2,4-5,8-9,20H2,1H3. The van der Waals surface area contributed by atoms with Crippen LogP contribution >= 0.6 is 23.4 Å². The molecule has 0 atom stereocenters. The number of benzene rings is 3. The zero-order valence-corrected chi connectivity index (χ0v) is 23.3. The van der Waals surface area contributed by atoms with Gasteiger partial charge in [0.2, 0.25) is 5.16 Å². The van der Waals surface area contributed by atoms with Crippen LogP contribution in [0.15, 0.2) is 89.1 Å². The van der Waals surface area contributed by atoms with E-state index in [-0.39, 0.29) is 17.4 Å². The van der Waals surface area contributed by atoms with Gasteiger partial charge < -0.3 is 4.74 Å². The van der Waals surface area contributed by atoms with Crippen molar-refractivity contribution >= 4 is 39.9 Å². The summed E-state index contributed by atoms with van der Waals surface area (Å²) < 4.78 is 8.02. The summed E-state index contributed by atoms with van der Waals surface area (Å²) >= 11 is 7.11. The van der Waals surface area contributed by atoms with Crippen molar-refractivity contribution in [1.29, 1.82) is 0 Å². The third-order valence-corrected chi connectivity index (χ3v) is 7.93. The molecule has 7 nitrogen and oxygen atoms in total. The fourth-order valence-electron chi connectivity index (χ4n) is 4.62. The molecule has 1 aromatic heterocycles. The molecule has 0 spiro atoms. The Morgan fingerprint density at radius 2 is 1.72 bits per heavy atom. The van der Waals surface area contributed by atoms with Crippen LogP contribution in [0.25, 0.3) is 5.69 Å². The van der Waals surface area contributed by atoms with Crippen LogP contribution in [0.1, 0.15) is 56.3 Å². The Labute approximate surface area is 237 Å². The lowest BCUT2D eigenvalue weighted by molar-refractivity contribution is -0.110. The molecule has 0 radical (unpaired) electrons. The first-order chi connectivity index (χ1) is 19.1. The molecule has 5 rings (SSSR count). The third kappa shape index (κ3) is 7.07. The second kappa shape index (κ2) is 13.0. The Balaban J connectivity index is 1.34. The highest BCUT2D eigenvalue weighted by Gasteiger charge is 2.20. The van der Waals surface area contributed by atoms with Gasteiger partial charge in [-0.25, -0.2) is 0 Å². The summed E-state index contributed by atoms with van der Waals surface area (Å²) in [6, 6.07) is 25.3. The topological polar surface area (TPSA) is 81.4 Å². The molecule has 1 aliphatic rings. The molecule has 1 heterocycles. The minimum atomic E-state index is -0.195. The number of ketones is 1. The number of carbonyl (C=O) groups is 1. The maximum atomic E-state index is 12.4. The number of hydrogen-bond acceptors (Lipinski definition) is 7. The zero-order chi connectivity index (χ0) is 27.0. The molecular formula is C30H30ClN5O2S. The highest BCUT2D eigenvalue weighted by molar-refractivity contribution is 8.15. The fraction of sp³-hybridized carbons (Fsp3) is 0.267. The first kappa shape index (κ1) is 27.0. The summed E-state index contributed by atoms with van der Waals surface area (Å²) in [6.07, 6.45) is 6.50. The van der Waals surface area contributed by atoms with Gasteiger partial charge in [-0.05, 0) is 84.6 Å². The number of Topliss-reactive ketones (excluding diaryl/α,β-unsaturated/α-hetero) is 1. The number of halogens is 1. The molecule has 39 heavy (non-hydrogen) atoms. The van der Waals surface area contributed by atoms with Gasteiger partial charge in [-0.3, -0.25) is 14.8 Å². The molecule has 0 amide bonds.